The smallest absolute Gasteiger partial charge is 0.271 e. The molecule has 1 aromatic carbocycles. The van der Waals surface area contributed by atoms with Crippen LogP contribution in [0.2, 0.25) is 5.02 Å². The Labute approximate surface area is 160 Å². The van der Waals surface area contributed by atoms with Gasteiger partial charge in [0, 0.05) is 17.3 Å². The summed E-state index contributed by atoms with van der Waals surface area (Å²) < 4.78 is 8.08. The number of hydrogen-bond acceptors (Lipinski definition) is 3. The summed E-state index contributed by atoms with van der Waals surface area (Å²) in [7, 11) is 0. The van der Waals surface area contributed by atoms with Crippen LogP contribution >= 0.6 is 27.5 Å². The highest BCUT2D eigenvalue weighted by molar-refractivity contribution is 9.10. The molecule has 1 fully saturated rings. The summed E-state index contributed by atoms with van der Waals surface area (Å²) in [5.74, 6) is 0.558. The van der Waals surface area contributed by atoms with Gasteiger partial charge in [-0.1, -0.05) is 37.3 Å². The fraction of sp³-hybridized carbons (Fsp3) is 0.444. The van der Waals surface area contributed by atoms with Crippen LogP contribution in [0.25, 0.3) is 0 Å². The van der Waals surface area contributed by atoms with E-state index in [4.69, 9.17) is 16.3 Å². The number of hydrogen-bond donors (Lipinski definition) is 1. The van der Waals surface area contributed by atoms with Crippen molar-refractivity contribution in [2.75, 3.05) is 0 Å². The van der Waals surface area contributed by atoms with Gasteiger partial charge in [0.2, 0.25) is 0 Å². The van der Waals surface area contributed by atoms with E-state index >= 15 is 0 Å². The Morgan fingerprint density at radius 3 is 2.76 bits per heavy atom. The zero-order chi connectivity index (χ0) is 17.6. The molecule has 7 heteroatoms. The molecule has 0 spiro atoms. The van der Waals surface area contributed by atoms with Crippen LogP contribution < -0.4 is 10.1 Å². The molecule has 0 radical (unpaired) electrons. The first-order valence-electron chi connectivity index (χ1n) is 8.54. The second-order valence-electron chi connectivity index (χ2n) is 6.25. The van der Waals surface area contributed by atoms with Crippen molar-refractivity contribution >= 4 is 33.4 Å². The Morgan fingerprint density at radius 2 is 2.04 bits per heavy atom. The maximum atomic E-state index is 12.4. The summed E-state index contributed by atoms with van der Waals surface area (Å²) >= 11 is 9.32. The number of halogens is 2. The topological polar surface area (TPSA) is 56.2 Å². The number of ether oxygens (including phenoxy) is 1. The number of carbonyl (C=O) groups excluding carboxylic acids is 1. The van der Waals surface area contributed by atoms with E-state index in [2.05, 4.69) is 26.3 Å². The third kappa shape index (κ3) is 5.22. The monoisotopic (exact) mass is 425 g/mol. The van der Waals surface area contributed by atoms with E-state index in [9.17, 15) is 4.79 Å². The van der Waals surface area contributed by atoms with E-state index in [-0.39, 0.29) is 18.7 Å². The molecule has 1 aliphatic rings. The molecule has 5 nitrogen and oxygen atoms in total. The Kier molecular flexibility index (Phi) is 6.37. The first-order valence-corrected chi connectivity index (χ1v) is 9.71. The molecule has 25 heavy (non-hydrogen) atoms. The third-order valence-corrected chi connectivity index (χ3v) is 5.16. The van der Waals surface area contributed by atoms with Crippen LogP contribution in [0.15, 0.2) is 34.9 Å². The summed E-state index contributed by atoms with van der Waals surface area (Å²) in [6.45, 7) is 0.219. The molecule has 0 unspecified atom stereocenters. The number of nitrogens with one attached hydrogen (secondary N) is 1. The average molecular weight is 427 g/mol. The van der Waals surface area contributed by atoms with Crippen molar-refractivity contribution in [3.63, 3.8) is 0 Å². The Bertz CT molecular complexity index is 727. The fourth-order valence-corrected chi connectivity index (χ4v) is 3.76. The molecular formula is C18H21BrClN3O2. The highest BCUT2D eigenvalue weighted by Gasteiger charge is 2.17. The predicted octanol–water partition coefficient (Wildman–Crippen LogP) is 4.79. The van der Waals surface area contributed by atoms with Gasteiger partial charge >= 0.3 is 0 Å². The van der Waals surface area contributed by atoms with Crippen LogP contribution in [0.3, 0.4) is 0 Å². The van der Waals surface area contributed by atoms with Gasteiger partial charge in [0.1, 0.15) is 11.4 Å². The van der Waals surface area contributed by atoms with Gasteiger partial charge in [0.15, 0.2) is 6.73 Å². The van der Waals surface area contributed by atoms with E-state index in [0.29, 0.717) is 16.5 Å². The van der Waals surface area contributed by atoms with Gasteiger partial charge in [0.25, 0.3) is 5.91 Å². The number of benzene rings is 1. The minimum absolute atomic E-state index is 0.113. The second-order valence-corrected chi connectivity index (χ2v) is 7.54. The lowest BCUT2D eigenvalue weighted by Crippen LogP contribution is -2.34. The molecule has 3 rings (SSSR count). The van der Waals surface area contributed by atoms with Crippen LogP contribution in [-0.4, -0.2) is 21.7 Å². The minimum atomic E-state index is -0.113. The molecule has 0 aliphatic heterocycles. The van der Waals surface area contributed by atoms with E-state index in [0.717, 1.165) is 17.3 Å². The molecule has 0 bridgehead atoms. The van der Waals surface area contributed by atoms with Gasteiger partial charge in [-0.15, -0.1) is 0 Å². The summed E-state index contributed by atoms with van der Waals surface area (Å²) in [6, 6.07) is 7.30. The Hall–Kier alpha value is -1.53. The van der Waals surface area contributed by atoms with Crippen molar-refractivity contribution in [3.05, 3.63) is 45.7 Å². The maximum absolute atomic E-state index is 12.4. The second kappa shape index (κ2) is 8.72. The van der Waals surface area contributed by atoms with Crippen molar-refractivity contribution in [3.8, 4) is 5.75 Å². The van der Waals surface area contributed by atoms with Crippen LogP contribution in [0.1, 0.15) is 49.0 Å². The number of amides is 1. The molecule has 1 aromatic heterocycles. The highest BCUT2D eigenvalue weighted by atomic mass is 79.9. The van der Waals surface area contributed by atoms with Gasteiger partial charge in [-0.2, -0.15) is 5.10 Å². The van der Waals surface area contributed by atoms with Gasteiger partial charge in [-0.05, 0) is 53.0 Å². The van der Waals surface area contributed by atoms with Gasteiger partial charge in [-0.25, -0.2) is 4.68 Å². The zero-order valence-electron chi connectivity index (χ0n) is 13.9. The molecule has 1 saturated carbocycles. The first-order chi connectivity index (χ1) is 12.1. The van der Waals surface area contributed by atoms with Crippen LogP contribution in [-0.2, 0) is 6.73 Å². The molecule has 0 saturated heterocycles. The normalized spacial score (nSPS) is 15.6. The van der Waals surface area contributed by atoms with Gasteiger partial charge in [0.05, 0.1) is 4.47 Å². The standard InChI is InChI=1S/C18H21BrClN3O2/c19-15-11-13(20)7-8-17(15)25-12-23-10-9-16(22-23)18(24)21-14-5-3-1-2-4-6-14/h7-11,14H,1-6,12H2,(H,21,24). The van der Waals surface area contributed by atoms with E-state index in [1.165, 1.54) is 25.7 Å². The van der Waals surface area contributed by atoms with Crippen molar-refractivity contribution in [2.45, 2.75) is 51.3 Å². The third-order valence-electron chi connectivity index (χ3n) is 4.31. The predicted molar refractivity (Wildman–Crippen MR) is 101 cm³/mol. The van der Waals surface area contributed by atoms with Gasteiger partial charge < -0.3 is 10.1 Å². The summed E-state index contributed by atoms with van der Waals surface area (Å²) in [5, 5.41) is 8.03. The quantitative estimate of drug-likeness (QED) is 0.700. The largest absolute Gasteiger partial charge is 0.470 e. The molecule has 2 aromatic rings. The van der Waals surface area contributed by atoms with Gasteiger partial charge in [-0.3, -0.25) is 4.79 Å². The summed E-state index contributed by atoms with van der Waals surface area (Å²) in [4.78, 5) is 12.4. The van der Waals surface area contributed by atoms with Crippen LogP contribution in [0, 0.1) is 0 Å². The van der Waals surface area contributed by atoms with Crippen LogP contribution in [0.5, 0.6) is 5.75 Å². The van der Waals surface area contributed by atoms with E-state index < -0.39 is 0 Å². The van der Waals surface area contributed by atoms with E-state index in [1.807, 2.05) is 0 Å². The Morgan fingerprint density at radius 1 is 1.28 bits per heavy atom. The first kappa shape index (κ1) is 18.3. The van der Waals surface area contributed by atoms with Crippen molar-refractivity contribution in [1.29, 1.82) is 0 Å². The number of aromatic nitrogens is 2. The molecule has 1 heterocycles. The van der Waals surface area contributed by atoms with Crippen LogP contribution in [0.4, 0.5) is 0 Å². The molecule has 1 aliphatic carbocycles. The molecule has 1 amide bonds. The SMILES string of the molecule is O=C(NC1CCCCCC1)c1ccn(COc2ccc(Cl)cc2Br)n1. The lowest BCUT2D eigenvalue weighted by molar-refractivity contribution is 0.0926. The van der Waals surface area contributed by atoms with E-state index in [1.54, 1.807) is 35.1 Å². The maximum Gasteiger partial charge on any atom is 0.271 e. The van der Waals surface area contributed by atoms with Crippen molar-refractivity contribution in [1.82, 2.24) is 15.1 Å². The number of carbonyl (C=O) groups is 1. The summed E-state index contributed by atoms with van der Waals surface area (Å²) in [5.41, 5.74) is 0.419. The molecular weight excluding hydrogens is 406 g/mol. The molecule has 134 valence electrons. The lowest BCUT2D eigenvalue weighted by atomic mass is 10.1. The Balaban J connectivity index is 1.55. The fourth-order valence-electron chi connectivity index (χ4n) is 2.97. The molecule has 0 atom stereocenters. The zero-order valence-corrected chi connectivity index (χ0v) is 16.2. The average Bonchev–Trinajstić information content (AvgIpc) is 2.92. The van der Waals surface area contributed by atoms with Crippen molar-refractivity contribution in [2.24, 2.45) is 0 Å². The minimum Gasteiger partial charge on any atom is -0.470 e. The van der Waals surface area contributed by atoms with Crippen molar-refractivity contribution < 1.29 is 9.53 Å². The highest BCUT2D eigenvalue weighted by Crippen LogP contribution is 2.28. The number of rotatable bonds is 5. The lowest BCUT2D eigenvalue weighted by Gasteiger charge is -2.15. The number of nitrogens with zero attached hydrogens (tertiary/aromatic N) is 2. The molecule has 1 N–H and O–H groups in total. The summed E-state index contributed by atoms with van der Waals surface area (Å²) in [6.07, 6.45) is 8.75.